The number of rotatable bonds is 5. The van der Waals surface area contributed by atoms with Gasteiger partial charge in [-0.2, -0.15) is 11.8 Å². The predicted octanol–water partition coefficient (Wildman–Crippen LogP) is 1.77. The van der Waals surface area contributed by atoms with Gasteiger partial charge < -0.3 is 11.1 Å². The lowest BCUT2D eigenvalue weighted by Crippen LogP contribution is -2.55. The molecular weight excluding hydrogens is 192 g/mol. The molecule has 1 rings (SSSR count). The van der Waals surface area contributed by atoms with E-state index in [1.807, 2.05) is 11.8 Å². The summed E-state index contributed by atoms with van der Waals surface area (Å²) in [6, 6.07) is 0. The molecule has 2 nitrogen and oxygen atoms in total. The van der Waals surface area contributed by atoms with Crippen LogP contribution in [0.4, 0.5) is 0 Å². The van der Waals surface area contributed by atoms with Crippen molar-refractivity contribution in [2.75, 3.05) is 18.8 Å². The van der Waals surface area contributed by atoms with Crippen LogP contribution in [0.25, 0.3) is 0 Å². The van der Waals surface area contributed by atoms with Crippen molar-refractivity contribution in [3.63, 3.8) is 0 Å². The first-order valence-electron chi connectivity index (χ1n) is 5.43. The molecule has 2 atom stereocenters. The number of hydrogen-bond acceptors (Lipinski definition) is 3. The van der Waals surface area contributed by atoms with Crippen LogP contribution in [0.1, 0.15) is 26.7 Å². The van der Waals surface area contributed by atoms with Crippen molar-refractivity contribution in [1.82, 2.24) is 5.32 Å². The summed E-state index contributed by atoms with van der Waals surface area (Å²) in [5.74, 6) is 1.25. The van der Waals surface area contributed by atoms with Crippen LogP contribution in [0.15, 0.2) is 12.2 Å². The highest BCUT2D eigenvalue weighted by atomic mass is 32.2. The van der Waals surface area contributed by atoms with Gasteiger partial charge in [-0.05, 0) is 32.1 Å². The van der Waals surface area contributed by atoms with Gasteiger partial charge in [0.2, 0.25) is 0 Å². The zero-order valence-electron chi connectivity index (χ0n) is 9.25. The Kier molecular flexibility index (Phi) is 4.99. The van der Waals surface area contributed by atoms with Crippen molar-refractivity contribution in [2.45, 2.75) is 37.5 Å². The second-order valence-electron chi connectivity index (χ2n) is 3.91. The van der Waals surface area contributed by atoms with Gasteiger partial charge >= 0.3 is 0 Å². The van der Waals surface area contributed by atoms with E-state index in [1.165, 1.54) is 12.2 Å². The molecular formula is C11H22N2S. The molecule has 1 aliphatic heterocycles. The zero-order chi connectivity index (χ0) is 10.4. The molecule has 0 aromatic heterocycles. The number of thioether (sulfide) groups is 1. The SMILES string of the molecule is C/C=C/CCNC1(CN)CCSC1C. The molecule has 0 bridgehead atoms. The molecule has 2 unspecified atom stereocenters. The van der Waals surface area contributed by atoms with E-state index in [1.54, 1.807) is 0 Å². The van der Waals surface area contributed by atoms with Gasteiger partial charge in [0, 0.05) is 17.3 Å². The highest BCUT2D eigenvalue weighted by molar-refractivity contribution is 8.00. The van der Waals surface area contributed by atoms with Crippen molar-refractivity contribution in [3.8, 4) is 0 Å². The molecule has 14 heavy (non-hydrogen) atoms. The largest absolute Gasteiger partial charge is 0.329 e. The molecule has 3 heteroatoms. The Morgan fingerprint density at radius 3 is 2.93 bits per heavy atom. The van der Waals surface area contributed by atoms with Gasteiger partial charge in [0.05, 0.1) is 0 Å². The lowest BCUT2D eigenvalue weighted by Gasteiger charge is -2.32. The minimum atomic E-state index is 0.201. The first-order chi connectivity index (χ1) is 6.75. The molecule has 0 aromatic carbocycles. The first kappa shape index (κ1) is 12.1. The molecule has 0 amide bonds. The van der Waals surface area contributed by atoms with E-state index in [4.69, 9.17) is 5.73 Å². The maximum Gasteiger partial charge on any atom is 0.0429 e. The summed E-state index contributed by atoms with van der Waals surface area (Å²) in [6.45, 7) is 6.16. The molecule has 0 spiro atoms. The molecule has 0 aromatic rings. The van der Waals surface area contributed by atoms with Crippen LogP contribution >= 0.6 is 11.8 Å². The van der Waals surface area contributed by atoms with E-state index in [0.717, 1.165) is 19.5 Å². The van der Waals surface area contributed by atoms with E-state index in [0.29, 0.717) is 5.25 Å². The maximum absolute atomic E-state index is 5.88. The Bertz CT molecular complexity index is 194. The van der Waals surface area contributed by atoms with Gasteiger partial charge in [-0.3, -0.25) is 0 Å². The molecule has 1 heterocycles. The van der Waals surface area contributed by atoms with E-state index >= 15 is 0 Å². The standard InChI is InChI=1S/C11H22N2S/c1-3-4-5-7-13-11(9-12)6-8-14-10(11)2/h3-4,10,13H,5-9,12H2,1-2H3/b4-3+. The lowest BCUT2D eigenvalue weighted by atomic mass is 9.93. The van der Waals surface area contributed by atoms with Crippen LogP contribution in [-0.2, 0) is 0 Å². The van der Waals surface area contributed by atoms with Gasteiger partial charge in [0.15, 0.2) is 0 Å². The Balaban J connectivity index is 2.37. The Morgan fingerprint density at radius 2 is 2.43 bits per heavy atom. The van der Waals surface area contributed by atoms with Gasteiger partial charge in [-0.25, -0.2) is 0 Å². The molecule has 0 radical (unpaired) electrons. The summed E-state index contributed by atoms with van der Waals surface area (Å²) >= 11 is 2.03. The first-order valence-corrected chi connectivity index (χ1v) is 6.48. The highest BCUT2D eigenvalue weighted by Gasteiger charge is 2.38. The van der Waals surface area contributed by atoms with Gasteiger partial charge in [-0.1, -0.05) is 19.1 Å². The van der Waals surface area contributed by atoms with Crippen molar-refractivity contribution >= 4 is 11.8 Å². The van der Waals surface area contributed by atoms with Crippen LogP contribution in [0.2, 0.25) is 0 Å². The van der Waals surface area contributed by atoms with Crippen molar-refractivity contribution in [3.05, 3.63) is 12.2 Å². The molecule has 1 saturated heterocycles. The molecule has 3 N–H and O–H groups in total. The number of allylic oxidation sites excluding steroid dienone is 1. The highest BCUT2D eigenvalue weighted by Crippen LogP contribution is 2.34. The summed E-state index contributed by atoms with van der Waals surface area (Å²) in [6.07, 6.45) is 6.62. The molecule has 1 fully saturated rings. The molecule has 0 aliphatic carbocycles. The van der Waals surface area contributed by atoms with Crippen molar-refractivity contribution in [2.24, 2.45) is 5.73 Å². The topological polar surface area (TPSA) is 38.0 Å². The predicted molar refractivity (Wildman–Crippen MR) is 65.8 cm³/mol. The summed E-state index contributed by atoms with van der Waals surface area (Å²) in [5, 5.41) is 4.28. The average molecular weight is 214 g/mol. The van der Waals surface area contributed by atoms with E-state index in [-0.39, 0.29) is 5.54 Å². The van der Waals surface area contributed by atoms with Crippen LogP contribution in [0.5, 0.6) is 0 Å². The summed E-state index contributed by atoms with van der Waals surface area (Å²) in [4.78, 5) is 0. The minimum absolute atomic E-state index is 0.201. The lowest BCUT2D eigenvalue weighted by molar-refractivity contribution is 0.337. The van der Waals surface area contributed by atoms with Crippen LogP contribution < -0.4 is 11.1 Å². The fourth-order valence-corrected chi connectivity index (χ4v) is 3.38. The fraction of sp³-hybridized carbons (Fsp3) is 0.818. The second kappa shape index (κ2) is 5.79. The maximum atomic E-state index is 5.88. The third-order valence-corrected chi connectivity index (χ3v) is 4.47. The average Bonchev–Trinajstić information content (AvgIpc) is 2.56. The zero-order valence-corrected chi connectivity index (χ0v) is 10.1. The van der Waals surface area contributed by atoms with Gasteiger partial charge in [0.1, 0.15) is 0 Å². The molecule has 0 saturated carbocycles. The van der Waals surface area contributed by atoms with Crippen molar-refractivity contribution in [1.29, 1.82) is 0 Å². The third-order valence-electron chi connectivity index (χ3n) is 3.08. The van der Waals surface area contributed by atoms with Crippen LogP contribution in [-0.4, -0.2) is 29.6 Å². The summed E-state index contributed by atoms with van der Waals surface area (Å²) in [5.41, 5.74) is 6.08. The third kappa shape index (κ3) is 2.75. The number of hydrogen-bond donors (Lipinski definition) is 2. The molecule has 82 valence electrons. The normalized spacial score (nSPS) is 32.9. The number of nitrogens with one attached hydrogen (secondary N) is 1. The van der Waals surface area contributed by atoms with Gasteiger partial charge in [-0.15, -0.1) is 0 Å². The second-order valence-corrected chi connectivity index (χ2v) is 5.36. The van der Waals surface area contributed by atoms with E-state index < -0.39 is 0 Å². The molecule has 1 aliphatic rings. The Hall–Kier alpha value is 0.0100. The van der Waals surface area contributed by atoms with E-state index in [9.17, 15) is 0 Å². The summed E-state index contributed by atoms with van der Waals surface area (Å²) < 4.78 is 0. The number of nitrogens with two attached hydrogens (primary N) is 1. The minimum Gasteiger partial charge on any atom is -0.329 e. The van der Waals surface area contributed by atoms with E-state index in [2.05, 4.69) is 31.3 Å². The van der Waals surface area contributed by atoms with Crippen LogP contribution in [0, 0.1) is 0 Å². The monoisotopic (exact) mass is 214 g/mol. The Labute approximate surface area is 91.7 Å². The smallest absolute Gasteiger partial charge is 0.0429 e. The Morgan fingerprint density at radius 1 is 1.64 bits per heavy atom. The summed E-state index contributed by atoms with van der Waals surface area (Å²) in [7, 11) is 0. The van der Waals surface area contributed by atoms with Crippen molar-refractivity contribution < 1.29 is 0 Å². The van der Waals surface area contributed by atoms with Gasteiger partial charge in [0.25, 0.3) is 0 Å². The fourth-order valence-electron chi connectivity index (χ4n) is 1.92. The van der Waals surface area contributed by atoms with Crippen LogP contribution in [0.3, 0.4) is 0 Å². The quantitative estimate of drug-likeness (QED) is 0.541.